The van der Waals surface area contributed by atoms with E-state index in [0.717, 1.165) is 17.5 Å². The van der Waals surface area contributed by atoms with Crippen LogP contribution in [-0.2, 0) is 11.2 Å². The predicted octanol–water partition coefficient (Wildman–Crippen LogP) is 2.94. The number of carbonyl (C=O) groups excluding carboxylic acids is 1. The number of carbonyl (C=O) groups is 1. The van der Waals surface area contributed by atoms with E-state index in [-0.39, 0.29) is 12.1 Å². The van der Waals surface area contributed by atoms with E-state index < -0.39 is 0 Å². The smallest absolute Gasteiger partial charge is 0.338 e. The maximum absolute atomic E-state index is 11.7. The topological polar surface area (TPSA) is 26.3 Å². The molecule has 1 atom stereocenters. The first-order valence-electron chi connectivity index (χ1n) is 5.47. The molecule has 0 radical (unpaired) electrons. The lowest BCUT2D eigenvalue weighted by molar-refractivity contribution is 0.0303. The van der Waals surface area contributed by atoms with Crippen LogP contribution < -0.4 is 0 Å². The van der Waals surface area contributed by atoms with E-state index >= 15 is 0 Å². The summed E-state index contributed by atoms with van der Waals surface area (Å²) in [7, 11) is 0. The predicted molar refractivity (Wildman–Crippen MR) is 62.5 cm³/mol. The van der Waals surface area contributed by atoms with Crippen molar-refractivity contribution in [3.05, 3.63) is 47.5 Å². The largest absolute Gasteiger partial charge is 0.459 e. The molecule has 0 N–H and O–H groups in total. The minimum absolute atomic E-state index is 0.0224. The molecule has 1 aliphatic rings. The number of hydrogen-bond acceptors (Lipinski definition) is 2. The van der Waals surface area contributed by atoms with Gasteiger partial charge in [-0.3, -0.25) is 0 Å². The van der Waals surface area contributed by atoms with Crippen LogP contribution in [0.1, 0.15) is 22.8 Å². The maximum atomic E-state index is 11.7. The van der Waals surface area contributed by atoms with Crippen molar-refractivity contribution in [1.82, 2.24) is 0 Å². The summed E-state index contributed by atoms with van der Waals surface area (Å²) < 4.78 is 5.22. The molecule has 0 bridgehead atoms. The average molecular weight is 212 g/mol. The molecule has 0 aromatic heterocycles. The third-order valence-corrected chi connectivity index (χ3v) is 3.06. The summed E-state index contributed by atoms with van der Waals surface area (Å²) in [6, 6.07) is 12.0. The van der Waals surface area contributed by atoms with Crippen LogP contribution in [0.5, 0.6) is 0 Å². The van der Waals surface area contributed by atoms with Gasteiger partial charge >= 0.3 is 5.97 Å². The zero-order chi connectivity index (χ0) is 11.1. The molecule has 2 aromatic rings. The van der Waals surface area contributed by atoms with Gasteiger partial charge in [0.1, 0.15) is 6.10 Å². The molecule has 0 spiro atoms. The van der Waals surface area contributed by atoms with Gasteiger partial charge < -0.3 is 4.74 Å². The van der Waals surface area contributed by atoms with E-state index in [1.54, 1.807) is 0 Å². The SMILES string of the molecule is CC1Cc2c(ccc3ccccc23)C(=O)O1. The van der Waals surface area contributed by atoms with Crippen LogP contribution in [0.3, 0.4) is 0 Å². The van der Waals surface area contributed by atoms with Crippen LogP contribution in [0.4, 0.5) is 0 Å². The van der Waals surface area contributed by atoms with Gasteiger partial charge in [-0.05, 0) is 29.3 Å². The summed E-state index contributed by atoms with van der Waals surface area (Å²) in [6.45, 7) is 1.93. The Morgan fingerprint density at radius 2 is 2.00 bits per heavy atom. The van der Waals surface area contributed by atoms with E-state index in [1.165, 1.54) is 10.8 Å². The highest BCUT2D eigenvalue weighted by atomic mass is 16.5. The van der Waals surface area contributed by atoms with Gasteiger partial charge in [0.2, 0.25) is 0 Å². The monoisotopic (exact) mass is 212 g/mol. The van der Waals surface area contributed by atoms with Gasteiger partial charge in [0.15, 0.2) is 0 Å². The zero-order valence-corrected chi connectivity index (χ0v) is 9.07. The van der Waals surface area contributed by atoms with Gasteiger partial charge in [0.05, 0.1) is 5.56 Å². The molecule has 2 heteroatoms. The second kappa shape index (κ2) is 3.34. The highest BCUT2D eigenvalue weighted by Crippen LogP contribution is 2.28. The Bertz CT molecular complexity index is 572. The summed E-state index contributed by atoms with van der Waals surface area (Å²) in [6.07, 6.45) is 0.786. The Balaban J connectivity index is 2.33. The first kappa shape index (κ1) is 9.40. The number of esters is 1. The Morgan fingerprint density at radius 3 is 2.88 bits per heavy atom. The molecule has 1 heterocycles. The van der Waals surface area contributed by atoms with Crippen molar-refractivity contribution in [1.29, 1.82) is 0 Å². The summed E-state index contributed by atoms with van der Waals surface area (Å²) >= 11 is 0. The Morgan fingerprint density at radius 1 is 1.19 bits per heavy atom. The van der Waals surface area contributed by atoms with Crippen molar-refractivity contribution in [2.45, 2.75) is 19.4 Å². The standard InChI is InChI=1S/C14H12O2/c1-9-8-13-11-5-3-2-4-10(11)6-7-12(13)14(15)16-9/h2-7,9H,8H2,1H3. The average Bonchev–Trinajstić information content (AvgIpc) is 2.28. The lowest BCUT2D eigenvalue weighted by atomic mass is 9.93. The fourth-order valence-corrected chi connectivity index (χ4v) is 2.32. The van der Waals surface area contributed by atoms with Crippen LogP contribution in [0.15, 0.2) is 36.4 Å². The minimum Gasteiger partial charge on any atom is -0.459 e. The number of ether oxygens (including phenoxy) is 1. The zero-order valence-electron chi connectivity index (χ0n) is 9.07. The fourth-order valence-electron chi connectivity index (χ4n) is 2.32. The first-order chi connectivity index (χ1) is 7.75. The van der Waals surface area contributed by atoms with Gasteiger partial charge in [0.25, 0.3) is 0 Å². The number of benzene rings is 2. The van der Waals surface area contributed by atoms with E-state index in [9.17, 15) is 4.79 Å². The van der Waals surface area contributed by atoms with Gasteiger partial charge in [-0.1, -0.05) is 30.3 Å². The molecule has 2 nitrogen and oxygen atoms in total. The van der Waals surface area contributed by atoms with Crippen molar-refractivity contribution in [2.75, 3.05) is 0 Å². The number of cyclic esters (lactones) is 1. The molecule has 2 aromatic carbocycles. The van der Waals surface area contributed by atoms with Gasteiger partial charge in [-0.2, -0.15) is 0 Å². The number of fused-ring (bicyclic) bond motifs is 3. The van der Waals surface area contributed by atoms with Gasteiger partial charge in [-0.25, -0.2) is 4.79 Å². The first-order valence-corrected chi connectivity index (χ1v) is 5.47. The second-order valence-electron chi connectivity index (χ2n) is 4.23. The normalized spacial score (nSPS) is 19.3. The van der Waals surface area contributed by atoms with Gasteiger partial charge in [-0.15, -0.1) is 0 Å². The minimum atomic E-state index is -0.195. The van der Waals surface area contributed by atoms with Crippen LogP contribution in [0, 0.1) is 0 Å². The van der Waals surface area contributed by atoms with Crippen molar-refractivity contribution in [3.63, 3.8) is 0 Å². The molecular formula is C14H12O2. The highest BCUT2D eigenvalue weighted by Gasteiger charge is 2.24. The Hall–Kier alpha value is -1.83. The quantitative estimate of drug-likeness (QED) is 0.627. The number of rotatable bonds is 0. The summed E-state index contributed by atoms with van der Waals surface area (Å²) in [5.41, 5.74) is 1.85. The second-order valence-corrected chi connectivity index (χ2v) is 4.23. The molecule has 0 amide bonds. The molecule has 16 heavy (non-hydrogen) atoms. The van der Waals surface area contributed by atoms with Gasteiger partial charge in [0, 0.05) is 6.42 Å². The van der Waals surface area contributed by atoms with Crippen LogP contribution in [0.25, 0.3) is 10.8 Å². The third kappa shape index (κ3) is 1.30. The van der Waals surface area contributed by atoms with E-state index in [0.29, 0.717) is 0 Å². The summed E-state index contributed by atoms with van der Waals surface area (Å²) in [4.78, 5) is 11.7. The Labute approximate surface area is 93.8 Å². The molecule has 0 fully saturated rings. The molecule has 1 aliphatic heterocycles. The molecule has 80 valence electrons. The summed E-state index contributed by atoms with van der Waals surface area (Å²) in [5, 5.41) is 2.35. The lowest BCUT2D eigenvalue weighted by Gasteiger charge is -2.22. The molecule has 0 aliphatic carbocycles. The fraction of sp³-hybridized carbons (Fsp3) is 0.214. The number of hydrogen-bond donors (Lipinski definition) is 0. The maximum Gasteiger partial charge on any atom is 0.338 e. The molecule has 0 saturated heterocycles. The van der Waals surface area contributed by atoms with E-state index in [4.69, 9.17) is 4.74 Å². The van der Waals surface area contributed by atoms with Crippen molar-refractivity contribution in [3.8, 4) is 0 Å². The van der Waals surface area contributed by atoms with Crippen molar-refractivity contribution < 1.29 is 9.53 Å². The molecule has 0 saturated carbocycles. The Kier molecular flexibility index (Phi) is 1.96. The van der Waals surface area contributed by atoms with Crippen LogP contribution in [-0.4, -0.2) is 12.1 Å². The van der Waals surface area contributed by atoms with Crippen molar-refractivity contribution in [2.24, 2.45) is 0 Å². The van der Waals surface area contributed by atoms with Crippen LogP contribution in [0.2, 0.25) is 0 Å². The van der Waals surface area contributed by atoms with E-state index in [2.05, 4.69) is 12.1 Å². The van der Waals surface area contributed by atoms with E-state index in [1.807, 2.05) is 31.2 Å². The lowest BCUT2D eigenvalue weighted by Crippen LogP contribution is -2.25. The molecule has 1 unspecified atom stereocenters. The highest BCUT2D eigenvalue weighted by molar-refractivity contribution is 5.99. The third-order valence-electron chi connectivity index (χ3n) is 3.06. The van der Waals surface area contributed by atoms with Crippen molar-refractivity contribution >= 4 is 16.7 Å². The summed E-state index contributed by atoms with van der Waals surface area (Å²) in [5.74, 6) is -0.195. The molecule has 3 rings (SSSR count). The molecular weight excluding hydrogens is 200 g/mol. The van der Waals surface area contributed by atoms with Crippen LogP contribution >= 0.6 is 0 Å².